The third-order valence-electron chi connectivity index (χ3n) is 3.56. The molecule has 0 saturated heterocycles. The van der Waals surface area contributed by atoms with E-state index in [4.69, 9.17) is 92.8 Å². The zero-order valence-electron chi connectivity index (χ0n) is 14.0. The Labute approximate surface area is 212 Å². The summed E-state index contributed by atoms with van der Waals surface area (Å²) in [6.07, 6.45) is 0. The molecule has 15 heteroatoms. The van der Waals surface area contributed by atoms with E-state index in [-0.39, 0.29) is 0 Å². The van der Waals surface area contributed by atoms with Crippen molar-refractivity contribution in [1.29, 1.82) is 0 Å². The van der Waals surface area contributed by atoms with E-state index in [2.05, 4.69) is 4.74 Å². The quantitative estimate of drug-likeness (QED) is 0.166. The zero-order valence-corrected chi connectivity index (χ0v) is 20.0. The molecular weight excluding hydrogens is 588 g/mol. The van der Waals surface area contributed by atoms with Gasteiger partial charge in [0.05, 0.1) is 62.4 Å². The molecule has 0 fully saturated rings. The summed E-state index contributed by atoms with van der Waals surface area (Å²) in [6.45, 7) is 0. The Kier molecular flexibility index (Phi) is 8.22. The second kappa shape index (κ2) is 9.77. The van der Waals surface area contributed by atoms with E-state index in [1.54, 1.807) is 0 Å². The number of carbonyl (C=O) groups is 4. The predicted octanol–water partition coefficient (Wildman–Crippen LogP) is 7.31. The van der Waals surface area contributed by atoms with Crippen LogP contribution in [0.3, 0.4) is 0 Å². The molecule has 2 N–H and O–H groups in total. The number of aromatic carboxylic acids is 2. The first-order valence-electron chi connectivity index (χ1n) is 7.18. The molecule has 7 nitrogen and oxygen atoms in total. The largest absolute Gasteiger partial charge is 0.478 e. The van der Waals surface area contributed by atoms with E-state index < -0.39 is 86.3 Å². The van der Waals surface area contributed by atoms with E-state index in [1.807, 2.05) is 0 Å². The van der Waals surface area contributed by atoms with Gasteiger partial charge in [-0.05, 0) is 0 Å². The van der Waals surface area contributed by atoms with Crippen LogP contribution in [0.2, 0.25) is 40.2 Å². The highest BCUT2D eigenvalue weighted by Crippen LogP contribution is 2.43. The van der Waals surface area contributed by atoms with Crippen LogP contribution >= 0.6 is 92.8 Å². The Balaban J connectivity index is 2.69. The number of hydrogen-bond acceptors (Lipinski definition) is 5. The summed E-state index contributed by atoms with van der Waals surface area (Å²) < 4.78 is 4.57. The van der Waals surface area contributed by atoms with Crippen LogP contribution in [-0.2, 0) is 4.74 Å². The lowest BCUT2D eigenvalue weighted by atomic mass is 10.1. The van der Waals surface area contributed by atoms with Crippen LogP contribution in [0, 0.1) is 0 Å². The average molecular weight is 590 g/mol. The third kappa shape index (κ3) is 4.65. The average Bonchev–Trinajstić information content (AvgIpc) is 2.68. The lowest BCUT2D eigenvalue weighted by Crippen LogP contribution is -2.20. The number of benzene rings is 2. The van der Waals surface area contributed by atoms with E-state index in [9.17, 15) is 29.4 Å². The van der Waals surface area contributed by atoms with Crippen LogP contribution < -0.4 is 0 Å². The summed E-state index contributed by atoms with van der Waals surface area (Å²) in [7, 11) is 0. The Morgan fingerprint density at radius 2 is 0.677 bits per heavy atom. The Morgan fingerprint density at radius 1 is 0.452 bits per heavy atom. The Morgan fingerprint density at radius 3 is 0.903 bits per heavy atom. The maximum Gasteiger partial charge on any atom is 0.348 e. The van der Waals surface area contributed by atoms with Gasteiger partial charge in [-0.1, -0.05) is 92.8 Å². The maximum absolute atomic E-state index is 12.6. The van der Waals surface area contributed by atoms with Crippen molar-refractivity contribution >= 4 is 117 Å². The van der Waals surface area contributed by atoms with Crippen molar-refractivity contribution in [1.82, 2.24) is 0 Å². The van der Waals surface area contributed by atoms with E-state index in [0.29, 0.717) is 0 Å². The highest BCUT2D eigenvalue weighted by atomic mass is 35.5. The van der Waals surface area contributed by atoms with Crippen LogP contribution in [0.5, 0.6) is 0 Å². The molecule has 0 unspecified atom stereocenters. The van der Waals surface area contributed by atoms with Crippen molar-refractivity contribution in [3.63, 3.8) is 0 Å². The molecule has 2 aromatic rings. The van der Waals surface area contributed by atoms with Crippen molar-refractivity contribution in [2.45, 2.75) is 0 Å². The van der Waals surface area contributed by atoms with Crippen molar-refractivity contribution < 1.29 is 34.1 Å². The lowest BCUT2D eigenvalue weighted by Gasteiger charge is -2.15. The number of ether oxygens (including phenoxy) is 1. The molecule has 0 atom stereocenters. The zero-order chi connectivity index (χ0) is 23.9. The highest BCUT2D eigenvalue weighted by molar-refractivity contribution is 6.55. The fourth-order valence-electron chi connectivity index (χ4n) is 2.23. The Bertz CT molecular complexity index is 1100. The SMILES string of the molecule is O=C(O)c1c(Cl)c(Cl)c(Cl)c(Cl)c1C(=O)OC(=O)c1c(Cl)c(Cl)c(Cl)c(Cl)c1C(=O)O. The molecule has 2 rings (SSSR count). The van der Waals surface area contributed by atoms with Crippen LogP contribution in [0.15, 0.2) is 0 Å². The molecule has 0 aromatic heterocycles. The number of halogens is 8. The minimum Gasteiger partial charge on any atom is -0.478 e. The first-order chi connectivity index (χ1) is 14.2. The molecule has 0 aliphatic heterocycles. The number of rotatable bonds is 4. The van der Waals surface area contributed by atoms with Crippen molar-refractivity contribution in [3.05, 3.63) is 62.4 Å². The van der Waals surface area contributed by atoms with Gasteiger partial charge in [-0.25, -0.2) is 19.2 Å². The van der Waals surface area contributed by atoms with Gasteiger partial charge < -0.3 is 14.9 Å². The summed E-state index contributed by atoms with van der Waals surface area (Å²) in [5.41, 5.74) is -3.70. The van der Waals surface area contributed by atoms with Crippen LogP contribution in [-0.4, -0.2) is 34.1 Å². The van der Waals surface area contributed by atoms with Crippen molar-refractivity contribution in [2.24, 2.45) is 0 Å². The molecular formula is C16H2Cl8O7. The van der Waals surface area contributed by atoms with Gasteiger partial charge in [-0.2, -0.15) is 0 Å². The summed E-state index contributed by atoms with van der Waals surface area (Å²) in [4.78, 5) is 48.3. The standard InChI is InChI=1S/C16H2Cl8O7/c17-5-1(13(25)26)3(7(19)11(23)9(5)21)15(29)31-16(30)4-2(14(27)28)6(18)10(22)12(24)8(4)20/h(H,25,26)(H,27,28). The van der Waals surface area contributed by atoms with Crippen molar-refractivity contribution in [3.8, 4) is 0 Å². The molecule has 31 heavy (non-hydrogen) atoms. The molecule has 2 aromatic carbocycles. The predicted molar refractivity (Wildman–Crippen MR) is 117 cm³/mol. The maximum atomic E-state index is 12.6. The van der Waals surface area contributed by atoms with Gasteiger partial charge in [0, 0.05) is 0 Å². The fraction of sp³-hybridized carbons (Fsp3) is 0. The smallest absolute Gasteiger partial charge is 0.348 e. The molecule has 0 aliphatic rings. The third-order valence-corrected chi connectivity index (χ3v) is 7.16. The first kappa shape index (κ1) is 26.1. The first-order valence-corrected chi connectivity index (χ1v) is 10.2. The molecule has 0 bridgehead atoms. The van der Waals surface area contributed by atoms with Gasteiger partial charge in [0.25, 0.3) is 0 Å². The molecule has 0 saturated carbocycles. The number of hydrogen-bond donors (Lipinski definition) is 2. The minimum absolute atomic E-state index is 0.471. The highest BCUT2D eigenvalue weighted by Gasteiger charge is 2.34. The van der Waals surface area contributed by atoms with Crippen LogP contribution in [0.1, 0.15) is 41.4 Å². The lowest BCUT2D eigenvalue weighted by molar-refractivity contribution is 0.0387. The van der Waals surface area contributed by atoms with Crippen LogP contribution in [0.4, 0.5) is 0 Å². The number of carbonyl (C=O) groups excluding carboxylic acids is 2. The second-order valence-electron chi connectivity index (χ2n) is 5.30. The van der Waals surface area contributed by atoms with Crippen LogP contribution in [0.25, 0.3) is 0 Å². The molecule has 0 spiro atoms. The summed E-state index contributed by atoms with van der Waals surface area (Å²) in [5.74, 6) is -6.84. The molecule has 0 radical (unpaired) electrons. The molecule has 0 aliphatic carbocycles. The number of carboxylic acids is 2. The van der Waals surface area contributed by atoms with E-state index in [0.717, 1.165) is 0 Å². The van der Waals surface area contributed by atoms with Gasteiger partial charge in [0.15, 0.2) is 0 Å². The minimum atomic E-state index is -1.76. The van der Waals surface area contributed by atoms with Gasteiger partial charge in [0.2, 0.25) is 0 Å². The summed E-state index contributed by atoms with van der Waals surface area (Å²) in [5, 5.41) is 14.1. The Hall–Kier alpha value is -1.16. The van der Waals surface area contributed by atoms with Gasteiger partial charge in [0.1, 0.15) is 0 Å². The summed E-state index contributed by atoms with van der Waals surface area (Å²) in [6, 6.07) is 0. The molecule has 164 valence electrons. The van der Waals surface area contributed by atoms with Gasteiger partial charge in [-0.15, -0.1) is 0 Å². The van der Waals surface area contributed by atoms with Crippen molar-refractivity contribution in [2.75, 3.05) is 0 Å². The normalized spacial score (nSPS) is 10.7. The monoisotopic (exact) mass is 586 g/mol. The topological polar surface area (TPSA) is 118 Å². The number of carboxylic acid groups (broad SMARTS) is 2. The van der Waals surface area contributed by atoms with E-state index >= 15 is 0 Å². The fourth-order valence-corrected chi connectivity index (χ4v) is 4.26. The van der Waals surface area contributed by atoms with Gasteiger partial charge >= 0.3 is 23.9 Å². The molecule has 0 amide bonds. The summed E-state index contributed by atoms with van der Waals surface area (Å²) >= 11 is 46.7. The van der Waals surface area contributed by atoms with E-state index in [1.165, 1.54) is 0 Å². The van der Waals surface area contributed by atoms with Gasteiger partial charge in [-0.3, -0.25) is 0 Å². The number of esters is 2. The second-order valence-corrected chi connectivity index (χ2v) is 8.32. The molecule has 0 heterocycles.